The van der Waals surface area contributed by atoms with Gasteiger partial charge in [0.2, 0.25) is 0 Å². The summed E-state index contributed by atoms with van der Waals surface area (Å²) >= 11 is 0. The summed E-state index contributed by atoms with van der Waals surface area (Å²) in [4.78, 5) is 2.48. The van der Waals surface area contributed by atoms with E-state index in [9.17, 15) is 0 Å². The molecule has 4 atom stereocenters. The molecule has 1 heterocycles. The number of nitriles is 1. The Morgan fingerprint density at radius 1 is 1.47 bits per heavy atom. The van der Waals surface area contributed by atoms with Crippen molar-refractivity contribution >= 4 is 0 Å². The molecule has 86 valence electrons. The lowest BCUT2D eigenvalue weighted by atomic mass is 9.86. The quantitative estimate of drug-likeness (QED) is 0.768. The molecule has 0 aromatic heterocycles. The third kappa shape index (κ3) is 3.48. The molecule has 1 saturated heterocycles. The molecule has 0 saturated carbocycles. The highest BCUT2D eigenvalue weighted by atomic mass is 15.2. The zero-order valence-corrected chi connectivity index (χ0v) is 10.1. The fourth-order valence-corrected chi connectivity index (χ4v) is 2.50. The number of rotatable bonds is 3. The molecule has 0 spiro atoms. The first-order valence-corrected chi connectivity index (χ1v) is 5.93. The van der Waals surface area contributed by atoms with Gasteiger partial charge in [-0.15, -0.1) is 0 Å². The summed E-state index contributed by atoms with van der Waals surface area (Å²) in [6.07, 6.45) is 2.11. The van der Waals surface area contributed by atoms with Gasteiger partial charge in [0.1, 0.15) is 0 Å². The van der Waals surface area contributed by atoms with Gasteiger partial charge in [-0.2, -0.15) is 5.26 Å². The van der Waals surface area contributed by atoms with E-state index in [2.05, 4.69) is 31.7 Å². The van der Waals surface area contributed by atoms with Crippen LogP contribution in [0.2, 0.25) is 0 Å². The third-order valence-corrected chi connectivity index (χ3v) is 3.61. The molecule has 0 aliphatic carbocycles. The van der Waals surface area contributed by atoms with Gasteiger partial charge in [0, 0.05) is 19.1 Å². The number of hydrogen-bond acceptors (Lipinski definition) is 3. The van der Waals surface area contributed by atoms with Gasteiger partial charge in [-0.3, -0.25) is 0 Å². The van der Waals surface area contributed by atoms with Gasteiger partial charge in [-0.05, 0) is 31.6 Å². The van der Waals surface area contributed by atoms with Gasteiger partial charge >= 0.3 is 0 Å². The van der Waals surface area contributed by atoms with E-state index in [0.717, 1.165) is 31.3 Å². The number of piperidine rings is 1. The van der Waals surface area contributed by atoms with Crippen molar-refractivity contribution in [1.29, 1.82) is 5.26 Å². The van der Waals surface area contributed by atoms with E-state index >= 15 is 0 Å². The van der Waals surface area contributed by atoms with Crippen molar-refractivity contribution in [2.24, 2.45) is 17.6 Å². The average Bonchev–Trinajstić information content (AvgIpc) is 2.20. The summed E-state index contributed by atoms with van der Waals surface area (Å²) in [5.74, 6) is 1.53. The fourth-order valence-electron chi connectivity index (χ4n) is 2.50. The van der Waals surface area contributed by atoms with Crippen LogP contribution in [0.5, 0.6) is 0 Å². The Labute approximate surface area is 93.2 Å². The van der Waals surface area contributed by atoms with Gasteiger partial charge in [0.15, 0.2) is 0 Å². The zero-order chi connectivity index (χ0) is 11.4. The molecule has 15 heavy (non-hydrogen) atoms. The van der Waals surface area contributed by atoms with E-state index in [-0.39, 0.29) is 6.04 Å². The largest absolute Gasteiger partial charge is 0.316 e. The van der Waals surface area contributed by atoms with Gasteiger partial charge in [0.05, 0.1) is 12.1 Å². The van der Waals surface area contributed by atoms with E-state index in [1.54, 1.807) is 0 Å². The number of nitrogens with two attached hydrogens (primary N) is 1. The second kappa shape index (κ2) is 5.48. The summed E-state index contributed by atoms with van der Waals surface area (Å²) in [6.45, 7) is 9.03. The molecule has 0 aromatic carbocycles. The highest BCUT2D eigenvalue weighted by Crippen LogP contribution is 2.26. The smallest absolute Gasteiger partial charge is 0.0940 e. The Morgan fingerprint density at radius 3 is 2.73 bits per heavy atom. The Balaban J connectivity index is 2.42. The number of hydrogen-bond donors (Lipinski definition) is 1. The van der Waals surface area contributed by atoms with Crippen LogP contribution in [0.3, 0.4) is 0 Å². The second-order valence-electron chi connectivity index (χ2n) is 5.08. The van der Waals surface area contributed by atoms with E-state index < -0.39 is 0 Å². The molecule has 0 bridgehead atoms. The molecule has 1 fully saturated rings. The molecular formula is C12H23N3. The maximum absolute atomic E-state index is 8.64. The van der Waals surface area contributed by atoms with Crippen molar-refractivity contribution in [3.8, 4) is 6.07 Å². The highest BCUT2D eigenvalue weighted by molar-refractivity contribution is 4.89. The summed E-state index contributed by atoms with van der Waals surface area (Å²) < 4.78 is 0. The van der Waals surface area contributed by atoms with Crippen molar-refractivity contribution < 1.29 is 0 Å². The summed E-state index contributed by atoms with van der Waals surface area (Å²) in [5.41, 5.74) is 5.62. The van der Waals surface area contributed by atoms with Crippen molar-refractivity contribution in [2.75, 3.05) is 13.1 Å². The van der Waals surface area contributed by atoms with Crippen LogP contribution in [-0.4, -0.2) is 30.1 Å². The molecule has 1 aliphatic rings. The maximum atomic E-state index is 8.64. The van der Waals surface area contributed by atoms with Crippen molar-refractivity contribution in [2.45, 2.75) is 45.7 Å². The van der Waals surface area contributed by atoms with Crippen LogP contribution in [0.15, 0.2) is 0 Å². The lowest BCUT2D eigenvalue weighted by Gasteiger charge is -2.41. The van der Waals surface area contributed by atoms with Gasteiger partial charge < -0.3 is 10.6 Å². The highest BCUT2D eigenvalue weighted by Gasteiger charge is 2.28. The average molecular weight is 209 g/mol. The molecular weight excluding hydrogens is 186 g/mol. The molecule has 4 unspecified atom stereocenters. The van der Waals surface area contributed by atoms with Crippen molar-refractivity contribution in [3.05, 3.63) is 0 Å². The second-order valence-corrected chi connectivity index (χ2v) is 5.08. The summed E-state index contributed by atoms with van der Waals surface area (Å²) in [7, 11) is 0. The lowest BCUT2D eigenvalue weighted by molar-refractivity contribution is 0.0781. The van der Waals surface area contributed by atoms with Crippen molar-refractivity contribution in [1.82, 2.24) is 4.90 Å². The summed E-state index contributed by atoms with van der Waals surface area (Å²) in [5, 5.41) is 8.64. The normalized spacial score (nSPS) is 34.7. The van der Waals surface area contributed by atoms with E-state index in [1.165, 1.54) is 6.42 Å². The Hall–Kier alpha value is -0.590. The first-order chi connectivity index (χ1) is 7.04. The van der Waals surface area contributed by atoms with E-state index in [4.69, 9.17) is 11.0 Å². The minimum absolute atomic E-state index is 0.301. The minimum atomic E-state index is -0.301. The SMILES string of the molecule is CC1CC(C)C(C)N(CCC(N)C#N)C1. The Kier molecular flexibility index (Phi) is 4.56. The summed E-state index contributed by atoms with van der Waals surface area (Å²) in [6, 6.07) is 2.42. The Bertz CT molecular complexity index is 234. The first-order valence-electron chi connectivity index (χ1n) is 5.93. The third-order valence-electron chi connectivity index (χ3n) is 3.61. The van der Waals surface area contributed by atoms with Crippen LogP contribution in [0, 0.1) is 23.2 Å². The molecule has 0 aromatic rings. The molecule has 2 N–H and O–H groups in total. The number of likely N-dealkylation sites (tertiary alicyclic amines) is 1. The topological polar surface area (TPSA) is 53.0 Å². The first kappa shape index (κ1) is 12.5. The van der Waals surface area contributed by atoms with Crippen molar-refractivity contribution in [3.63, 3.8) is 0 Å². The van der Waals surface area contributed by atoms with Gasteiger partial charge in [-0.1, -0.05) is 13.8 Å². The molecule has 3 heteroatoms. The van der Waals surface area contributed by atoms with Crippen LogP contribution in [0.1, 0.15) is 33.6 Å². The van der Waals surface area contributed by atoms with Crippen LogP contribution in [-0.2, 0) is 0 Å². The standard InChI is InChI=1S/C12H23N3/c1-9-6-10(2)11(3)15(8-9)5-4-12(14)7-13/h9-12H,4-6,8,14H2,1-3H3. The van der Waals surface area contributed by atoms with Crippen LogP contribution in [0.25, 0.3) is 0 Å². The predicted molar refractivity (Wildman–Crippen MR) is 62.2 cm³/mol. The fraction of sp³-hybridized carbons (Fsp3) is 0.917. The van der Waals surface area contributed by atoms with E-state index in [1.807, 2.05) is 0 Å². The van der Waals surface area contributed by atoms with Gasteiger partial charge in [0.25, 0.3) is 0 Å². The zero-order valence-electron chi connectivity index (χ0n) is 10.1. The van der Waals surface area contributed by atoms with Crippen LogP contribution < -0.4 is 5.73 Å². The minimum Gasteiger partial charge on any atom is -0.316 e. The van der Waals surface area contributed by atoms with Crippen LogP contribution in [0.4, 0.5) is 0 Å². The molecule has 1 aliphatic heterocycles. The number of nitrogens with zero attached hydrogens (tertiary/aromatic N) is 2. The molecule has 1 rings (SSSR count). The van der Waals surface area contributed by atoms with E-state index in [0.29, 0.717) is 6.04 Å². The Morgan fingerprint density at radius 2 is 2.13 bits per heavy atom. The molecule has 0 amide bonds. The van der Waals surface area contributed by atoms with Crippen LogP contribution >= 0.6 is 0 Å². The lowest BCUT2D eigenvalue weighted by Crippen LogP contribution is -2.46. The maximum Gasteiger partial charge on any atom is 0.0940 e. The monoisotopic (exact) mass is 209 g/mol. The predicted octanol–water partition coefficient (Wildman–Crippen LogP) is 1.59. The molecule has 3 nitrogen and oxygen atoms in total. The molecule has 0 radical (unpaired) electrons. The van der Waals surface area contributed by atoms with Gasteiger partial charge in [-0.25, -0.2) is 0 Å².